The number of hydrogen-bond donors (Lipinski definition) is 1. The maximum atomic E-state index is 12.8. The van der Waals surface area contributed by atoms with Crippen molar-refractivity contribution in [2.24, 2.45) is 7.05 Å². The van der Waals surface area contributed by atoms with Crippen molar-refractivity contribution in [3.63, 3.8) is 0 Å². The molecule has 1 aliphatic carbocycles. The van der Waals surface area contributed by atoms with Gasteiger partial charge in [0.25, 0.3) is 5.56 Å². The van der Waals surface area contributed by atoms with E-state index in [-0.39, 0.29) is 33.9 Å². The first-order chi connectivity index (χ1) is 12.8. The first-order valence-corrected chi connectivity index (χ1v) is 9.34. The lowest BCUT2D eigenvalue weighted by Gasteiger charge is -2.22. The molecule has 0 unspecified atom stereocenters. The molecular weight excluding hydrogens is 344 g/mol. The van der Waals surface area contributed by atoms with Crippen molar-refractivity contribution in [1.29, 1.82) is 0 Å². The summed E-state index contributed by atoms with van der Waals surface area (Å²) < 4.78 is 1.16. The number of aromatic nitrogens is 2. The molecule has 27 heavy (non-hydrogen) atoms. The third-order valence-corrected chi connectivity index (χ3v) is 4.04. The number of fused-ring (bicyclic) bond motifs is 2. The van der Waals surface area contributed by atoms with Gasteiger partial charge in [-0.2, -0.15) is 0 Å². The van der Waals surface area contributed by atoms with Crippen molar-refractivity contribution < 1.29 is 9.59 Å². The number of nitrogens with one attached hydrogen (secondary N) is 1. The molecule has 0 radical (unpaired) electrons. The molecular formula is C21H28N2O4. The molecule has 0 aromatic carbocycles. The monoisotopic (exact) mass is 372 g/mol. The van der Waals surface area contributed by atoms with Crippen LogP contribution in [0.1, 0.15) is 84.3 Å². The number of ketones is 2. The first kappa shape index (κ1) is 22.3. The van der Waals surface area contributed by atoms with Crippen molar-refractivity contribution in [2.45, 2.75) is 54.4 Å². The van der Waals surface area contributed by atoms with Crippen LogP contribution in [0.25, 0.3) is 0 Å². The molecule has 3 rings (SSSR count). The van der Waals surface area contributed by atoms with Gasteiger partial charge in [0.2, 0.25) is 11.3 Å². The Bertz CT molecular complexity index is 981. The highest BCUT2D eigenvalue weighted by atomic mass is 16.2. The number of hydrogen-bond acceptors (Lipinski definition) is 4. The summed E-state index contributed by atoms with van der Waals surface area (Å²) in [6.45, 7) is 11.7. The minimum Gasteiger partial charge on any atom is -0.318 e. The highest BCUT2D eigenvalue weighted by molar-refractivity contribution is 6.28. The lowest BCUT2D eigenvalue weighted by Crippen LogP contribution is -2.34. The van der Waals surface area contributed by atoms with Crippen LogP contribution in [0.5, 0.6) is 0 Å². The molecule has 2 aromatic heterocycles. The van der Waals surface area contributed by atoms with Crippen molar-refractivity contribution in [3.8, 4) is 0 Å². The number of H-pyrrole nitrogens is 1. The molecule has 1 aliphatic rings. The Labute approximate surface area is 159 Å². The van der Waals surface area contributed by atoms with Crippen LogP contribution >= 0.6 is 0 Å². The molecule has 0 atom stereocenters. The summed E-state index contributed by atoms with van der Waals surface area (Å²) in [6.07, 6.45) is 1.71. The predicted molar refractivity (Wildman–Crippen MR) is 107 cm³/mol. The number of carbonyl (C=O) groups excluding carboxylic acids is 2. The molecule has 0 fully saturated rings. The van der Waals surface area contributed by atoms with E-state index in [9.17, 15) is 19.2 Å². The third kappa shape index (κ3) is 3.99. The van der Waals surface area contributed by atoms with Crippen molar-refractivity contribution in [3.05, 3.63) is 66.5 Å². The number of aryl methyl sites for hydroxylation is 2. The number of carbonyl (C=O) groups is 2. The largest absolute Gasteiger partial charge is 0.318 e. The summed E-state index contributed by atoms with van der Waals surface area (Å²) in [5.74, 6) is -0.828. The fourth-order valence-corrected chi connectivity index (χ4v) is 2.94. The zero-order valence-electron chi connectivity index (χ0n) is 17.1. The minimum absolute atomic E-state index is 0.0255. The average molecular weight is 372 g/mol. The smallest absolute Gasteiger partial charge is 0.251 e. The zero-order chi connectivity index (χ0) is 20.9. The van der Waals surface area contributed by atoms with Crippen molar-refractivity contribution in [1.82, 2.24) is 9.55 Å². The number of rotatable bonds is 1. The fraction of sp³-hybridized carbons (Fsp3) is 0.429. The van der Waals surface area contributed by atoms with Crippen LogP contribution in [0, 0.1) is 6.92 Å². The average Bonchev–Trinajstić information content (AvgIpc) is 2.64. The zero-order valence-corrected chi connectivity index (χ0v) is 17.1. The van der Waals surface area contributed by atoms with Gasteiger partial charge in [-0.3, -0.25) is 19.2 Å². The molecule has 0 saturated carbocycles. The Morgan fingerprint density at radius 3 is 2.00 bits per heavy atom. The van der Waals surface area contributed by atoms with Crippen LogP contribution in [0.15, 0.2) is 21.7 Å². The second kappa shape index (κ2) is 9.26. The van der Waals surface area contributed by atoms with Gasteiger partial charge in [0.05, 0.1) is 11.1 Å². The third-order valence-electron chi connectivity index (χ3n) is 4.04. The Morgan fingerprint density at radius 1 is 0.926 bits per heavy atom. The van der Waals surface area contributed by atoms with Gasteiger partial charge < -0.3 is 9.55 Å². The van der Waals surface area contributed by atoms with E-state index >= 15 is 0 Å². The van der Waals surface area contributed by atoms with Crippen LogP contribution in [0.4, 0.5) is 0 Å². The number of nitrogens with zero attached hydrogens (tertiary/aromatic N) is 1. The van der Waals surface area contributed by atoms with Gasteiger partial charge in [-0.1, -0.05) is 41.0 Å². The van der Waals surface area contributed by atoms with Gasteiger partial charge in [0.15, 0.2) is 5.78 Å². The van der Waals surface area contributed by atoms with Gasteiger partial charge >= 0.3 is 0 Å². The maximum absolute atomic E-state index is 12.8. The summed E-state index contributed by atoms with van der Waals surface area (Å²) in [7, 11) is 1.44. The van der Waals surface area contributed by atoms with E-state index in [0.29, 0.717) is 17.5 Å². The molecule has 0 amide bonds. The molecule has 146 valence electrons. The van der Waals surface area contributed by atoms with Crippen molar-refractivity contribution in [2.75, 3.05) is 0 Å². The molecule has 1 N–H and O–H groups in total. The normalized spacial score (nSPS) is 11.5. The van der Waals surface area contributed by atoms with Crippen LogP contribution in [-0.2, 0) is 13.5 Å². The fourth-order valence-electron chi connectivity index (χ4n) is 2.94. The number of pyridine rings is 2. The SMILES string of the molecule is CC.CCC.CCc1cc(=O)[nH]c2c1C(=O)c1c(C)cc(=O)n(C)c1C2=O. The standard InChI is InChI=1S/C16H14N2O4.C3H8.C2H6/c1-4-8-6-9(19)17-13-12(8)15(21)11-7(2)5-10(20)18(3)14(11)16(13)22;1-3-2;1-2/h5-6H,4H2,1-3H3,(H,17,19);3H2,1-2H3;1-2H3. The quantitative estimate of drug-likeness (QED) is 0.710. The van der Waals surface area contributed by atoms with E-state index in [1.165, 1.54) is 25.6 Å². The lowest BCUT2D eigenvalue weighted by molar-refractivity contribution is 0.0966. The highest BCUT2D eigenvalue weighted by Gasteiger charge is 2.35. The predicted octanol–water partition coefficient (Wildman–Crippen LogP) is 3.16. The van der Waals surface area contributed by atoms with Gasteiger partial charge in [-0.05, 0) is 24.5 Å². The van der Waals surface area contributed by atoms with Gasteiger partial charge in [0, 0.05) is 19.2 Å². The molecule has 2 heterocycles. The van der Waals surface area contributed by atoms with Crippen molar-refractivity contribution >= 4 is 11.6 Å². The second-order valence-corrected chi connectivity index (χ2v) is 6.08. The van der Waals surface area contributed by atoms with E-state index in [4.69, 9.17) is 0 Å². The van der Waals surface area contributed by atoms with Gasteiger partial charge in [-0.25, -0.2) is 0 Å². The molecule has 0 aliphatic heterocycles. The molecule has 6 heteroatoms. The molecule has 0 spiro atoms. The molecule has 2 aromatic rings. The minimum atomic E-state index is -0.500. The van der Waals surface area contributed by atoms with E-state index in [1.54, 1.807) is 6.92 Å². The van der Waals surface area contributed by atoms with Crippen LogP contribution < -0.4 is 11.1 Å². The Kier molecular flexibility index (Phi) is 7.64. The summed E-state index contributed by atoms with van der Waals surface area (Å²) in [4.78, 5) is 51.6. The Hall–Kier alpha value is -2.76. The lowest BCUT2D eigenvalue weighted by atomic mass is 9.84. The van der Waals surface area contributed by atoms with Crippen LogP contribution in [0.3, 0.4) is 0 Å². The highest BCUT2D eigenvalue weighted by Crippen LogP contribution is 2.28. The summed E-state index contributed by atoms with van der Waals surface area (Å²) in [6, 6.07) is 2.68. The van der Waals surface area contributed by atoms with Gasteiger partial charge in [-0.15, -0.1) is 0 Å². The summed E-state index contributed by atoms with van der Waals surface area (Å²) >= 11 is 0. The molecule has 0 bridgehead atoms. The second-order valence-electron chi connectivity index (χ2n) is 6.08. The Morgan fingerprint density at radius 2 is 1.48 bits per heavy atom. The molecule has 0 saturated heterocycles. The topological polar surface area (TPSA) is 89.0 Å². The molecule has 6 nitrogen and oxygen atoms in total. The van der Waals surface area contributed by atoms with Gasteiger partial charge in [0.1, 0.15) is 11.4 Å². The maximum Gasteiger partial charge on any atom is 0.251 e. The van der Waals surface area contributed by atoms with Crippen LogP contribution in [0.2, 0.25) is 0 Å². The Balaban J connectivity index is 0.000000665. The van der Waals surface area contributed by atoms with E-state index in [0.717, 1.165) is 4.57 Å². The van der Waals surface area contributed by atoms with E-state index in [2.05, 4.69) is 18.8 Å². The summed E-state index contributed by atoms with van der Waals surface area (Å²) in [5.41, 5.74) is 0.690. The van der Waals surface area contributed by atoms with E-state index < -0.39 is 11.3 Å². The number of aromatic amines is 1. The van der Waals surface area contributed by atoms with Crippen LogP contribution in [-0.4, -0.2) is 21.1 Å². The summed E-state index contributed by atoms with van der Waals surface area (Å²) in [5, 5.41) is 0. The van der Waals surface area contributed by atoms with E-state index in [1.807, 2.05) is 20.8 Å². The first-order valence-electron chi connectivity index (χ1n) is 9.34.